The van der Waals surface area contributed by atoms with Gasteiger partial charge >= 0.3 is 0 Å². The molecule has 2 nitrogen and oxygen atoms in total. The highest BCUT2D eigenvalue weighted by Gasteiger charge is 2.59. The maximum absolute atomic E-state index is 5.35. The average molecular weight is 237 g/mol. The van der Waals surface area contributed by atoms with Gasteiger partial charge in [-0.05, 0) is 36.0 Å². The van der Waals surface area contributed by atoms with E-state index in [9.17, 15) is 0 Å². The molecule has 0 aromatic carbocycles. The predicted molar refractivity (Wildman–Crippen MR) is 69.9 cm³/mol. The maximum Gasteiger partial charge on any atom is 0.0554 e. The molecule has 3 rings (SSSR count). The van der Waals surface area contributed by atoms with Gasteiger partial charge in [-0.3, -0.25) is 0 Å². The molecule has 1 N–H and O–H groups in total. The highest BCUT2D eigenvalue weighted by molar-refractivity contribution is 5.12. The van der Waals surface area contributed by atoms with Crippen molar-refractivity contribution in [2.75, 3.05) is 19.8 Å². The Hall–Kier alpha value is -0.0800. The van der Waals surface area contributed by atoms with Gasteiger partial charge in [0.2, 0.25) is 0 Å². The lowest BCUT2D eigenvalue weighted by molar-refractivity contribution is -0.103. The summed E-state index contributed by atoms with van der Waals surface area (Å²) in [5, 5.41) is 3.91. The topological polar surface area (TPSA) is 21.3 Å². The standard InChI is InChI=1S/C15H27NO/c1-13(2)11-5-6-15(4,7-11)12(13)16-8-14(3)9-17-10-14/h11-12,16H,5-10H2,1-4H3/t11-,12?,15+/m0/s1. The molecule has 2 saturated carbocycles. The molecule has 0 spiro atoms. The smallest absolute Gasteiger partial charge is 0.0554 e. The largest absolute Gasteiger partial charge is 0.380 e. The van der Waals surface area contributed by atoms with E-state index in [0.717, 1.165) is 25.7 Å². The summed E-state index contributed by atoms with van der Waals surface area (Å²) in [6.45, 7) is 12.8. The van der Waals surface area contributed by atoms with Gasteiger partial charge in [0, 0.05) is 18.0 Å². The monoisotopic (exact) mass is 237 g/mol. The second-order valence-corrected chi connectivity index (χ2v) is 8.03. The summed E-state index contributed by atoms with van der Waals surface area (Å²) in [7, 11) is 0. The fourth-order valence-electron chi connectivity index (χ4n) is 4.71. The van der Waals surface area contributed by atoms with E-state index in [0.29, 0.717) is 22.3 Å². The summed E-state index contributed by atoms with van der Waals surface area (Å²) < 4.78 is 5.35. The van der Waals surface area contributed by atoms with E-state index < -0.39 is 0 Å². The second kappa shape index (κ2) is 3.48. The Balaban J connectivity index is 1.69. The molecule has 2 aliphatic carbocycles. The Labute approximate surface area is 105 Å². The van der Waals surface area contributed by atoms with Crippen LogP contribution in [-0.2, 0) is 4.74 Å². The van der Waals surface area contributed by atoms with E-state index >= 15 is 0 Å². The molecule has 0 aromatic rings. The third-order valence-electron chi connectivity index (χ3n) is 5.90. The third-order valence-corrected chi connectivity index (χ3v) is 5.90. The molecule has 2 bridgehead atoms. The highest BCUT2D eigenvalue weighted by atomic mass is 16.5. The van der Waals surface area contributed by atoms with Crippen molar-refractivity contribution in [3.8, 4) is 0 Å². The van der Waals surface area contributed by atoms with Crippen LogP contribution in [-0.4, -0.2) is 25.8 Å². The first-order chi connectivity index (χ1) is 7.86. The van der Waals surface area contributed by atoms with Gasteiger partial charge in [0.1, 0.15) is 0 Å². The van der Waals surface area contributed by atoms with Gasteiger partial charge in [-0.25, -0.2) is 0 Å². The zero-order chi connectivity index (χ0) is 12.3. The number of ether oxygens (including phenoxy) is 1. The summed E-state index contributed by atoms with van der Waals surface area (Å²) in [6.07, 6.45) is 4.30. The van der Waals surface area contributed by atoms with Crippen LogP contribution in [0, 0.1) is 22.2 Å². The average Bonchev–Trinajstić information content (AvgIpc) is 2.66. The number of hydrogen-bond acceptors (Lipinski definition) is 2. The van der Waals surface area contributed by atoms with E-state index in [1.165, 1.54) is 19.3 Å². The van der Waals surface area contributed by atoms with Gasteiger partial charge in [-0.2, -0.15) is 0 Å². The first-order valence-electron chi connectivity index (χ1n) is 7.17. The van der Waals surface area contributed by atoms with Crippen LogP contribution in [0.1, 0.15) is 47.0 Å². The lowest BCUT2D eigenvalue weighted by atomic mass is 9.68. The molecular weight excluding hydrogens is 210 g/mol. The molecular formula is C15H27NO. The van der Waals surface area contributed by atoms with E-state index in [-0.39, 0.29) is 0 Å². The predicted octanol–water partition coefficient (Wildman–Crippen LogP) is 2.83. The van der Waals surface area contributed by atoms with Crippen LogP contribution in [0.15, 0.2) is 0 Å². The first-order valence-corrected chi connectivity index (χ1v) is 7.17. The minimum absolute atomic E-state index is 0.397. The fourth-order valence-corrected chi connectivity index (χ4v) is 4.71. The minimum Gasteiger partial charge on any atom is -0.380 e. The number of fused-ring (bicyclic) bond motifs is 2. The molecule has 3 fully saturated rings. The van der Waals surface area contributed by atoms with E-state index in [1.54, 1.807) is 0 Å². The lowest BCUT2D eigenvalue weighted by Gasteiger charge is -2.46. The second-order valence-electron chi connectivity index (χ2n) is 8.03. The molecule has 2 heteroatoms. The van der Waals surface area contributed by atoms with Crippen LogP contribution in [0.5, 0.6) is 0 Å². The van der Waals surface area contributed by atoms with Crippen molar-refractivity contribution in [1.29, 1.82) is 0 Å². The molecule has 1 unspecified atom stereocenters. The minimum atomic E-state index is 0.397. The van der Waals surface area contributed by atoms with Crippen molar-refractivity contribution in [1.82, 2.24) is 5.32 Å². The summed E-state index contributed by atoms with van der Waals surface area (Å²) in [5.41, 5.74) is 1.43. The molecule has 3 atom stereocenters. The summed E-state index contributed by atoms with van der Waals surface area (Å²) in [6, 6.07) is 0.700. The summed E-state index contributed by atoms with van der Waals surface area (Å²) >= 11 is 0. The molecule has 1 heterocycles. The number of nitrogens with one attached hydrogen (secondary N) is 1. The molecule has 0 aromatic heterocycles. The normalized spacial score (nSPS) is 45.9. The van der Waals surface area contributed by atoms with E-state index in [4.69, 9.17) is 4.74 Å². The Morgan fingerprint density at radius 3 is 2.35 bits per heavy atom. The molecule has 98 valence electrons. The van der Waals surface area contributed by atoms with E-state index in [2.05, 4.69) is 33.0 Å². The van der Waals surface area contributed by atoms with Gasteiger partial charge in [-0.1, -0.05) is 27.7 Å². The van der Waals surface area contributed by atoms with Crippen molar-refractivity contribution in [2.24, 2.45) is 22.2 Å². The van der Waals surface area contributed by atoms with Gasteiger partial charge in [0.25, 0.3) is 0 Å². The van der Waals surface area contributed by atoms with Gasteiger partial charge in [-0.15, -0.1) is 0 Å². The van der Waals surface area contributed by atoms with Gasteiger partial charge in [0.05, 0.1) is 13.2 Å². The van der Waals surface area contributed by atoms with Crippen LogP contribution in [0.4, 0.5) is 0 Å². The lowest BCUT2D eigenvalue weighted by Crippen LogP contribution is -2.56. The number of rotatable bonds is 3. The van der Waals surface area contributed by atoms with Crippen molar-refractivity contribution in [3.63, 3.8) is 0 Å². The van der Waals surface area contributed by atoms with Crippen LogP contribution < -0.4 is 5.32 Å². The molecule has 1 saturated heterocycles. The van der Waals surface area contributed by atoms with Crippen molar-refractivity contribution in [2.45, 2.75) is 53.0 Å². The van der Waals surface area contributed by atoms with Crippen LogP contribution in [0.25, 0.3) is 0 Å². The summed E-state index contributed by atoms with van der Waals surface area (Å²) in [4.78, 5) is 0. The Morgan fingerprint density at radius 1 is 1.18 bits per heavy atom. The van der Waals surface area contributed by atoms with Gasteiger partial charge < -0.3 is 10.1 Å². The summed E-state index contributed by atoms with van der Waals surface area (Å²) in [5.74, 6) is 0.940. The van der Waals surface area contributed by atoms with Crippen LogP contribution >= 0.6 is 0 Å². The molecule has 1 aliphatic heterocycles. The quantitative estimate of drug-likeness (QED) is 0.815. The molecule has 3 aliphatic rings. The SMILES string of the molecule is CC1(CNC2C(C)(C)[C@H]3CC[C@]2(C)C3)COC1. The van der Waals surface area contributed by atoms with Crippen molar-refractivity contribution >= 4 is 0 Å². The molecule has 0 radical (unpaired) electrons. The maximum atomic E-state index is 5.35. The third kappa shape index (κ3) is 1.67. The number of hydrogen-bond donors (Lipinski definition) is 1. The molecule has 0 amide bonds. The zero-order valence-electron chi connectivity index (χ0n) is 11.8. The Bertz CT molecular complexity index is 316. The van der Waals surface area contributed by atoms with E-state index in [1.807, 2.05) is 0 Å². The zero-order valence-corrected chi connectivity index (χ0v) is 11.8. The van der Waals surface area contributed by atoms with Crippen molar-refractivity contribution < 1.29 is 4.74 Å². The Kier molecular flexibility index (Phi) is 2.45. The Morgan fingerprint density at radius 2 is 1.88 bits per heavy atom. The first kappa shape index (κ1) is 12.0. The van der Waals surface area contributed by atoms with Crippen molar-refractivity contribution in [3.05, 3.63) is 0 Å². The molecule has 17 heavy (non-hydrogen) atoms. The van der Waals surface area contributed by atoms with Crippen LogP contribution in [0.2, 0.25) is 0 Å². The highest BCUT2D eigenvalue weighted by Crippen LogP contribution is 2.62. The fraction of sp³-hybridized carbons (Fsp3) is 1.00. The van der Waals surface area contributed by atoms with Crippen LogP contribution in [0.3, 0.4) is 0 Å². The van der Waals surface area contributed by atoms with Gasteiger partial charge in [0.15, 0.2) is 0 Å².